The topological polar surface area (TPSA) is 29.0 Å². The number of aromatic nitrogens is 2. The molecule has 0 aliphatic heterocycles. The van der Waals surface area contributed by atoms with Gasteiger partial charge in [-0.25, -0.2) is 9.97 Å². The van der Waals surface area contributed by atoms with Gasteiger partial charge in [0.15, 0.2) is 0 Å². The molecule has 0 spiro atoms. The molecule has 0 aromatic carbocycles. The fraction of sp³-hybridized carbons (Fsp3) is 0.556. The normalized spacial score (nSPS) is 10.0. The molecule has 0 aliphatic rings. The number of hydrogen-bond donors (Lipinski definition) is 0. The Morgan fingerprint density at radius 1 is 1.33 bits per heavy atom. The fourth-order valence-electron chi connectivity index (χ4n) is 1.29. The average molecular weight is 165 g/mol. The van der Waals surface area contributed by atoms with Crippen LogP contribution >= 0.6 is 0 Å². The van der Waals surface area contributed by atoms with Crippen molar-refractivity contribution in [2.24, 2.45) is 0 Å². The van der Waals surface area contributed by atoms with Crippen molar-refractivity contribution in [2.45, 2.75) is 20.3 Å². The number of anilines is 1. The molecule has 3 heteroatoms. The quantitative estimate of drug-likeness (QED) is 0.663. The predicted molar refractivity (Wildman–Crippen MR) is 50.5 cm³/mol. The highest BCUT2D eigenvalue weighted by Gasteiger charge is 2.06. The second-order valence-electron chi connectivity index (χ2n) is 3.01. The Morgan fingerprint density at radius 2 is 2.00 bits per heavy atom. The van der Waals surface area contributed by atoms with Gasteiger partial charge in [-0.3, -0.25) is 0 Å². The van der Waals surface area contributed by atoms with Crippen molar-refractivity contribution >= 4 is 5.82 Å². The van der Waals surface area contributed by atoms with Crippen LogP contribution in [0.3, 0.4) is 0 Å². The van der Waals surface area contributed by atoms with E-state index in [1.54, 1.807) is 6.33 Å². The van der Waals surface area contributed by atoms with Crippen molar-refractivity contribution in [3.8, 4) is 0 Å². The fourth-order valence-corrected chi connectivity index (χ4v) is 1.29. The van der Waals surface area contributed by atoms with Gasteiger partial charge in [0.25, 0.3) is 0 Å². The van der Waals surface area contributed by atoms with Gasteiger partial charge in [-0.15, -0.1) is 0 Å². The van der Waals surface area contributed by atoms with Crippen LogP contribution in [0, 0.1) is 6.92 Å². The molecule has 66 valence electrons. The first kappa shape index (κ1) is 8.97. The van der Waals surface area contributed by atoms with Crippen LogP contribution < -0.4 is 4.90 Å². The van der Waals surface area contributed by atoms with E-state index >= 15 is 0 Å². The molecule has 0 saturated carbocycles. The van der Waals surface area contributed by atoms with Gasteiger partial charge < -0.3 is 4.90 Å². The summed E-state index contributed by atoms with van der Waals surface area (Å²) in [5, 5.41) is 0. The van der Waals surface area contributed by atoms with Gasteiger partial charge in [0, 0.05) is 25.4 Å². The van der Waals surface area contributed by atoms with E-state index in [0.717, 1.165) is 17.9 Å². The number of hydrogen-bond acceptors (Lipinski definition) is 3. The van der Waals surface area contributed by atoms with Crippen molar-refractivity contribution in [2.75, 3.05) is 19.0 Å². The van der Waals surface area contributed by atoms with Gasteiger partial charge in [0.05, 0.1) is 0 Å². The van der Waals surface area contributed by atoms with E-state index in [2.05, 4.69) is 16.9 Å². The van der Waals surface area contributed by atoms with Crippen LogP contribution in [0.25, 0.3) is 0 Å². The van der Waals surface area contributed by atoms with E-state index in [1.807, 2.05) is 25.9 Å². The Bertz CT molecular complexity index is 268. The van der Waals surface area contributed by atoms with Crippen LogP contribution in [0.15, 0.2) is 6.33 Å². The van der Waals surface area contributed by atoms with Gasteiger partial charge in [0.2, 0.25) is 0 Å². The summed E-state index contributed by atoms with van der Waals surface area (Å²) < 4.78 is 0. The summed E-state index contributed by atoms with van der Waals surface area (Å²) in [6, 6.07) is 0. The second-order valence-corrected chi connectivity index (χ2v) is 3.01. The molecule has 0 atom stereocenters. The van der Waals surface area contributed by atoms with E-state index < -0.39 is 0 Å². The van der Waals surface area contributed by atoms with Crippen LogP contribution in [0.1, 0.15) is 18.2 Å². The predicted octanol–water partition coefficient (Wildman–Crippen LogP) is 1.41. The third-order valence-electron chi connectivity index (χ3n) is 1.92. The molecule has 0 bridgehead atoms. The Morgan fingerprint density at radius 3 is 2.42 bits per heavy atom. The van der Waals surface area contributed by atoms with Gasteiger partial charge in [0.1, 0.15) is 12.1 Å². The molecular formula is C9H15N3. The maximum absolute atomic E-state index is 4.22. The molecule has 1 aromatic rings. The summed E-state index contributed by atoms with van der Waals surface area (Å²) in [5.74, 6) is 1.03. The van der Waals surface area contributed by atoms with Gasteiger partial charge >= 0.3 is 0 Å². The monoisotopic (exact) mass is 165 g/mol. The molecule has 0 amide bonds. The molecule has 0 radical (unpaired) electrons. The summed E-state index contributed by atoms with van der Waals surface area (Å²) >= 11 is 0. The number of nitrogens with zero attached hydrogens (tertiary/aromatic N) is 3. The van der Waals surface area contributed by atoms with Crippen LogP contribution in [0.2, 0.25) is 0 Å². The van der Waals surface area contributed by atoms with Crippen molar-refractivity contribution in [1.82, 2.24) is 9.97 Å². The maximum atomic E-state index is 4.22. The van der Waals surface area contributed by atoms with Gasteiger partial charge in [-0.2, -0.15) is 0 Å². The van der Waals surface area contributed by atoms with Crippen molar-refractivity contribution < 1.29 is 0 Å². The Kier molecular flexibility index (Phi) is 2.63. The van der Waals surface area contributed by atoms with Crippen LogP contribution in [-0.4, -0.2) is 24.1 Å². The Hall–Kier alpha value is -1.12. The van der Waals surface area contributed by atoms with Crippen LogP contribution in [-0.2, 0) is 6.42 Å². The largest absolute Gasteiger partial charge is 0.362 e. The lowest BCUT2D eigenvalue weighted by atomic mass is 10.1. The van der Waals surface area contributed by atoms with E-state index in [1.165, 1.54) is 5.56 Å². The first-order chi connectivity index (χ1) is 5.66. The molecule has 1 rings (SSSR count). The lowest BCUT2D eigenvalue weighted by molar-refractivity contribution is 0.945. The first-order valence-electron chi connectivity index (χ1n) is 4.14. The van der Waals surface area contributed by atoms with Gasteiger partial charge in [-0.05, 0) is 13.3 Å². The van der Waals surface area contributed by atoms with Gasteiger partial charge in [-0.1, -0.05) is 6.92 Å². The molecule has 0 N–H and O–H groups in total. The minimum atomic E-state index is 0.986. The van der Waals surface area contributed by atoms with E-state index in [4.69, 9.17) is 0 Å². The minimum Gasteiger partial charge on any atom is -0.362 e. The molecule has 3 nitrogen and oxygen atoms in total. The van der Waals surface area contributed by atoms with Crippen LogP contribution in [0.5, 0.6) is 0 Å². The van der Waals surface area contributed by atoms with Crippen molar-refractivity contribution in [3.05, 3.63) is 17.6 Å². The third kappa shape index (κ3) is 1.55. The molecule has 0 saturated heterocycles. The van der Waals surface area contributed by atoms with Crippen LogP contribution in [0.4, 0.5) is 5.82 Å². The zero-order valence-electron chi connectivity index (χ0n) is 8.13. The summed E-state index contributed by atoms with van der Waals surface area (Å²) in [6.45, 7) is 4.15. The third-order valence-corrected chi connectivity index (χ3v) is 1.92. The highest BCUT2D eigenvalue weighted by Crippen LogP contribution is 2.16. The maximum Gasteiger partial charge on any atom is 0.134 e. The zero-order chi connectivity index (χ0) is 9.14. The van der Waals surface area contributed by atoms with E-state index in [-0.39, 0.29) is 0 Å². The molecule has 0 aliphatic carbocycles. The van der Waals surface area contributed by atoms with E-state index in [0.29, 0.717) is 0 Å². The molecule has 0 unspecified atom stereocenters. The molecule has 1 heterocycles. The number of aryl methyl sites for hydroxylation is 1. The minimum absolute atomic E-state index is 0.986. The molecule has 12 heavy (non-hydrogen) atoms. The summed E-state index contributed by atoms with van der Waals surface area (Å²) in [4.78, 5) is 10.4. The summed E-state index contributed by atoms with van der Waals surface area (Å²) in [7, 11) is 4.00. The van der Waals surface area contributed by atoms with Crippen molar-refractivity contribution in [3.63, 3.8) is 0 Å². The molecule has 1 aromatic heterocycles. The Labute approximate surface area is 73.5 Å². The second kappa shape index (κ2) is 3.52. The average Bonchev–Trinajstić information content (AvgIpc) is 2.03. The highest BCUT2D eigenvalue weighted by atomic mass is 15.1. The number of rotatable bonds is 2. The molecular weight excluding hydrogens is 150 g/mol. The van der Waals surface area contributed by atoms with E-state index in [9.17, 15) is 0 Å². The Balaban J connectivity index is 3.18. The molecule has 0 fully saturated rings. The lowest BCUT2D eigenvalue weighted by Crippen LogP contribution is -2.14. The van der Waals surface area contributed by atoms with Crippen molar-refractivity contribution in [1.29, 1.82) is 0 Å². The standard InChI is InChI=1S/C9H15N3/c1-5-8-7(2)10-6-11-9(8)12(3)4/h6H,5H2,1-4H3. The highest BCUT2D eigenvalue weighted by molar-refractivity contribution is 5.46. The first-order valence-corrected chi connectivity index (χ1v) is 4.14. The lowest BCUT2D eigenvalue weighted by Gasteiger charge is -2.15. The smallest absolute Gasteiger partial charge is 0.134 e. The summed E-state index contributed by atoms with van der Waals surface area (Å²) in [5.41, 5.74) is 2.32. The zero-order valence-corrected chi connectivity index (χ0v) is 8.13. The SMILES string of the molecule is CCc1c(C)ncnc1N(C)C. The summed E-state index contributed by atoms with van der Waals surface area (Å²) in [6.07, 6.45) is 2.60.